The molecule has 7 nitrogen and oxygen atoms in total. The summed E-state index contributed by atoms with van der Waals surface area (Å²) in [6, 6.07) is 5.04. The molecule has 0 aliphatic rings. The number of ether oxygens (including phenoxy) is 1. The van der Waals surface area contributed by atoms with Gasteiger partial charge in [-0.05, 0) is 23.7 Å². The van der Waals surface area contributed by atoms with Gasteiger partial charge in [0, 0.05) is 9.43 Å². The van der Waals surface area contributed by atoms with Crippen LogP contribution in [0.3, 0.4) is 0 Å². The quantitative estimate of drug-likeness (QED) is 0.345. The molecule has 0 heterocycles. The number of sulfonamides is 1. The van der Waals surface area contributed by atoms with Crippen LogP contribution in [-0.2, 0) is 14.8 Å². The van der Waals surface area contributed by atoms with Gasteiger partial charge >= 0.3 is 5.97 Å². The normalized spacial score (nSPS) is 10.3. The SMILES string of the molecule is COC(=O)c1cccc(S(=O)(=O)N=[N+]=[N-])c1. The number of methoxy groups -OCH3 is 1. The minimum absolute atomic E-state index is 0.0664. The maximum atomic E-state index is 11.3. The zero-order valence-corrected chi connectivity index (χ0v) is 9.01. The van der Waals surface area contributed by atoms with Crippen LogP contribution in [0, 0.1) is 0 Å². The summed E-state index contributed by atoms with van der Waals surface area (Å²) in [7, 11) is -2.90. The highest BCUT2D eigenvalue weighted by Gasteiger charge is 2.14. The van der Waals surface area contributed by atoms with Crippen molar-refractivity contribution in [2.24, 2.45) is 4.52 Å². The second kappa shape index (κ2) is 4.65. The third-order valence-corrected chi connectivity index (χ3v) is 2.83. The predicted molar refractivity (Wildman–Crippen MR) is 54.1 cm³/mol. The molecule has 16 heavy (non-hydrogen) atoms. The molecule has 1 aromatic carbocycles. The van der Waals surface area contributed by atoms with Crippen molar-refractivity contribution in [1.29, 1.82) is 0 Å². The van der Waals surface area contributed by atoms with Crippen molar-refractivity contribution in [3.8, 4) is 0 Å². The number of carbonyl (C=O) groups excluding carboxylic acids is 1. The minimum atomic E-state index is -4.07. The van der Waals surface area contributed by atoms with Gasteiger partial charge in [-0.3, -0.25) is 0 Å². The van der Waals surface area contributed by atoms with E-state index in [9.17, 15) is 13.2 Å². The lowest BCUT2D eigenvalue weighted by Gasteiger charge is -2.01. The van der Waals surface area contributed by atoms with Crippen LogP contribution in [0.5, 0.6) is 0 Å². The summed E-state index contributed by atoms with van der Waals surface area (Å²) < 4.78 is 29.7. The van der Waals surface area contributed by atoms with Gasteiger partial charge in [-0.15, -0.1) is 0 Å². The van der Waals surface area contributed by atoms with E-state index >= 15 is 0 Å². The largest absolute Gasteiger partial charge is 0.465 e. The molecule has 0 aliphatic heterocycles. The Morgan fingerprint density at radius 1 is 1.50 bits per heavy atom. The lowest BCUT2D eigenvalue weighted by Crippen LogP contribution is -2.03. The van der Waals surface area contributed by atoms with Crippen molar-refractivity contribution in [3.05, 3.63) is 40.3 Å². The first kappa shape index (κ1) is 12.0. The molecule has 8 heteroatoms. The van der Waals surface area contributed by atoms with Crippen molar-refractivity contribution in [2.45, 2.75) is 4.90 Å². The van der Waals surface area contributed by atoms with Crippen molar-refractivity contribution < 1.29 is 17.9 Å². The second-order valence-corrected chi connectivity index (χ2v) is 4.25. The van der Waals surface area contributed by atoms with Gasteiger partial charge in [0.05, 0.1) is 17.6 Å². The van der Waals surface area contributed by atoms with Gasteiger partial charge < -0.3 is 4.74 Å². The molecule has 0 saturated heterocycles. The smallest absolute Gasteiger partial charge is 0.337 e. The summed E-state index contributed by atoms with van der Waals surface area (Å²) in [6.45, 7) is 0. The molecule has 0 aromatic heterocycles. The molecular weight excluding hydrogens is 234 g/mol. The number of esters is 1. The molecule has 0 atom stereocenters. The molecule has 84 valence electrons. The first-order valence-electron chi connectivity index (χ1n) is 4.01. The second-order valence-electron chi connectivity index (χ2n) is 2.67. The standard InChI is InChI=1S/C8H7N3O4S/c1-15-8(12)6-3-2-4-7(5-6)16(13,14)11-10-9/h2-5H,1H3. The van der Waals surface area contributed by atoms with E-state index in [-0.39, 0.29) is 10.5 Å². The first-order chi connectivity index (χ1) is 7.51. The Kier molecular flexibility index (Phi) is 3.49. The molecule has 0 spiro atoms. The van der Waals surface area contributed by atoms with Crippen molar-refractivity contribution >= 4 is 16.0 Å². The van der Waals surface area contributed by atoms with Crippen LogP contribution in [0.1, 0.15) is 10.4 Å². The highest BCUT2D eigenvalue weighted by atomic mass is 32.2. The van der Waals surface area contributed by atoms with Crippen LogP contribution in [0.2, 0.25) is 0 Å². The fraction of sp³-hybridized carbons (Fsp3) is 0.125. The zero-order chi connectivity index (χ0) is 12.2. The molecule has 1 aromatic rings. The molecule has 0 bridgehead atoms. The average molecular weight is 241 g/mol. The Bertz CT molecular complexity index is 560. The fourth-order valence-electron chi connectivity index (χ4n) is 0.997. The van der Waals surface area contributed by atoms with Crippen LogP contribution in [0.4, 0.5) is 0 Å². The van der Waals surface area contributed by atoms with Crippen LogP contribution in [0.15, 0.2) is 33.7 Å². The Hall–Kier alpha value is -2.05. The van der Waals surface area contributed by atoms with Crippen molar-refractivity contribution in [3.63, 3.8) is 0 Å². The topological polar surface area (TPSA) is 109 Å². The van der Waals surface area contributed by atoms with Gasteiger partial charge in [-0.2, -0.15) is 0 Å². The Balaban J connectivity index is 3.28. The lowest BCUT2D eigenvalue weighted by molar-refractivity contribution is 0.0600. The number of nitrogens with zero attached hydrogens (tertiary/aromatic N) is 3. The van der Waals surface area contributed by atoms with E-state index in [1.807, 2.05) is 0 Å². The summed E-state index contributed by atoms with van der Waals surface area (Å²) in [5.41, 5.74) is 8.14. The average Bonchev–Trinajstić information content (AvgIpc) is 2.28. The number of hydrogen-bond acceptors (Lipinski definition) is 4. The highest BCUT2D eigenvalue weighted by Crippen LogP contribution is 2.14. The van der Waals surface area contributed by atoms with Gasteiger partial charge in [0.1, 0.15) is 0 Å². The van der Waals surface area contributed by atoms with E-state index in [2.05, 4.69) is 14.2 Å². The van der Waals surface area contributed by atoms with E-state index in [0.717, 1.165) is 6.07 Å². The number of carbonyl (C=O) groups is 1. The third-order valence-electron chi connectivity index (χ3n) is 1.70. The summed E-state index contributed by atoms with van der Waals surface area (Å²) in [6.07, 6.45) is 0. The summed E-state index contributed by atoms with van der Waals surface area (Å²) >= 11 is 0. The monoisotopic (exact) mass is 241 g/mol. The Labute approximate surface area is 91.3 Å². The minimum Gasteiger partial charge on any atom is -0.465 e. The Morgan fingerprint density at radius 3 is 2.75 bits per heavy atom. The Morgan fingerprint density at radius 2 is 2.19 bits per heavy atom. The van der Waals surface area contributed by atoms with Crippen LogP contribution < -0.4 is 0 Å². The van der Waals surface area contributed by atoms with Gasteiger partial charge in [0.2, 0.25) is 0 Å². The molecular formula is C8H7N3O4S. The summed E-state index contributed by atoms with van der Waals surface area (Å²) in [5, 5.41) is 0. The van der Waals surface area contributed by atoms with Gasteiger partial charge in [0.15, 0.2) is 0 Å². The summed E-state index contributed by atoms with van der Waals surface area (Å²) in [5.74, 6) is -0.669. The van der Waals surface area contributed by atoms with Crippen molar-refractivity contribution in [1.82, 2.24) is 0 Å². The van der Waals surface area contributed by atoms with E-state index in [0.29, 0.717) is 0 Å². The van der Waals surface area contributed by atoms with Crippen LogP contribution >= 0.6 is 0 Å². The van der Waals surface area contributed by atoms with Gasteiger partial charge in [-0.1, -0.05) is 6.07 Å². The summed E-state index contributed by atoms with van der Waals surface area (Å²) in [4.78, 5) is 13.1. The number of rotatable bonds is 3. The molecule has 0 fully saturated rings. The third kappa shape index (κ3) is 2.50. The van der Waals surface area contributed by atoms with Crippen molar-refractivity contribution in [2.75, 3.05) is 7.11 Å². The molecule has 0 unspecified atom stereocenters. The maximum Gasteiger partial charge on any atom is 0.337 e. The molecule has 0 N–H and O–H groups in total. The van der Waals surface area contributed by atoms with E-state index < -0.39 is 16.0 Å². The number of azide groups is 1. The van der Waals surface area contributed by atoms with E-state index in [1.165, 1.54) is 25.3 Å². The van der Waals surface area contributed by atoms with E-state index in [1.54, 1.807) is 0 Å². The number of hydrogen-bond donors (Lipinski definition) is 0. The number of benzene rings is 1. The molecule has 0 radical (unpaired) electrons. The first-order valence-corrected chi connectivity index (χ1v) is 5.45. The van der Waals surface area contributed by atoms with E-state index in [4.69, 9.17) is 5.53 Å². The lowest BCUT2D eigenvalue weighted by atomic mass is 10.2. The zero-order valence-electron chi connectivity index (χ0n) is 8.19. The van der Waals surface area contributed by atoms with Gasteiger partial charge in [-0.25, -0.2) is 13.2 Å². The van der Waals surface area contributed by atoms with Crippen LogP contribution in [0.25, 0.3) is 10.4 Å². The maximum absolute atomic E-state index is 11.3. The van der Waals surface area contributed by atoms with Gasteiger partial charge in [0.25, 0.3) is 10.0 Å². The predicted octanol–water partition coefficient (Wildman–Crippen LogP) is 1.47. The molecule has 0 amide bonds. The molecule has 0 saturated carbocycles. The highest BCUT2D eigenvalue weighted by molar-refractivity contribution is 7.90. The molecule has 1 rings (SSSR count). The van der Waals surface area contributed by atoms with Crippen LogP contribution in [-0.4, -0.2) is 21.5 Å². The molecule has 0 aliphatic carbocycles. The fourth-order valence-corrected chi connectivity index (χ4v) is 1.71.